The highest BCUT2D eigenvalue weighted by atomic mass is 16.5. The first kappa shape index (κ1) is 23.7. The summed E-state index contributed by atoms with van der Waals surface area (Å²) in [5, 5.41) is 2.76. The van der Waals surface area contributed by atoms with Crippen molar-refractivity contribution in [1.29, 1.82) is 0 Å². The van der Waals surface area contributed by atoms with Crippen molar-refractivity contribution in [1.82, 2.24) is 20.1 Å². The van der Waals surface area contributed by atoms with Gasteiger partial charge in [-0.2, -0.15) is 0 Å². The van der Waals surface area contributed by atoms with Crippen molar-refractivity contribution >= 4 is 23.7 Å². The van der Waals surface area contributed by atoms with Crippen molar-refractivity contribution in [2.24, 2.45) is 5.92 Å². The predicted molar refractivity (Wildman–Crippen MR) is 116 cm³/mol. The fourth-order valence-corrected chi connectivity index (χ4v) is 4.50. The molecule has 0 radical (unpaired) electrons. The molecule has 1 aliphatic carbocycles. The molecule has 1 aromatic rings. The second kappa shape index (κ2) is 11.1. The van der Waals surface area contributed by atoms with E-state index in [1.807, 2.05) is 6.07 Å². The van der Waals surface area contributed by atoms with Gasteiger partial charge in [-0.05, 0) is 24.5 Å². The van der Waals surface area contributed by atoms with Crippen molar-refractivity contribution in [2.45, 2.75) is 57.5 Å². The van der Waals surface area contributed by atoms with Crippen LogP contribution in [0.1, 0.15) is 44.6 Å². The van der Waals surface area contributed by atoms with Gasteiger partial charge in [-0.1, -0.05) is 25.3 Å². The van der Waals surface area contributed by atoms with E-state index in [1.54, 1.807) is 28.3 Å². The van der Waals surface area contributed by atoms with Gasteiger partial charge in [0.05, 0.1) is 13.7 Å². The molecule has 174 valence electrons. The molecule has 3 rings (SSSR count). The van der Waals surface area contributed by atoms with Gasteiger partial charge in [-0.15, -0.1) is 0 Å². The van der Waals surface area contributed by atoms with Crippen LogP contribution in [0.25, 0.3) is 0 Å². The Morgan fingerprint density at radius 1 is 1.19 bits per heavy atom. The number of ether oxygens (including phenoxy) is 1. The first-order valence-corrected chi connectivity index (χ1v) is 11.2. The van der Waals surface area contributed by atoms with Crippen molar-refractivity contribution in [2.75, 3.05) is 26.7 Å². The van der Waals surface area contributed by atoms with E-state index >= 15 is 0 Å². The Bertz CT molecular complexity index is 825. The zero-order chi connectivity index (χ0) is 23.1. The lowest BCUT2D eigenvalue weighted by Gasteiger charge is -2.42. The molecule has 1 saturated heterocycles. The molecule has 3 amide bonds. The maximum atomic E-state index is 13.3. The fraction of sp³-hybridized carbons (Fsp3) is 0.609. The van der Waals surface area contributed by atoms with Crippen LogP contribution in [0.2, 0.25) is 0 Å². The largest absolute Gasteiger partial charge is 0.467 e. The molecule has 32 heavy (non-hydrogen) atoms. The number of rotatable bonds is 6. The van der Waals surface area contributed by atoms with Crippen LogP contribution in [0.15, 0.2) is 24.5 Å². The minimum Gasteiger partial charge on any atom is -0.467 e. The minimum absolute atomic E-state index is 0.0325. The number of hydrogen-bond donors (Lipinski definition) is 1. The molecular formula is C23H32N4O5. The van der Waals surface area contributed by atoms with Crippen LogP contribution < -0.4 is 5.32 Å². The third-order valence-electron chi connectivity index (χ3n) is 6.33. The van der Waals surface area contributed by atoms with Gasteiger partial charge in [0, 0.05) is 44.7 Å². The molecule has 1 aromatic heterocycles. The highest BCUT2D eigenvalue weighted by molar-refractivity contribution is 5.92. The number of pyridine rings is 1. The highest BCUT2D eigenvalue weighted by Crippen LogP contribution is 2.27. The van der Waals surface area contributed by atoms with Gasteiger partial charge >= 0.3 is 5.97 Å². The highest BCUT2D eigenvalue weighted by Gasteiger charge is 2.40. The first-order chi connectivity index (χ1) is 15.4. The number of nitrogens with one attached hydrogen (secondary N) is 1. The van der Waals surface area contributed by atoms with E-state index in [0.717, 1.165) is 37.7 Å². The zero-order valence-electron chi connectivity index (χ0n) is 18.8. The monoisotopic (exact) mass is 444 g/mol. The Morgan fingerprint density at radius 3 is 2.56 bits per heavy atom. The first-order valence-electron chi connectivity index (χ1n) is 11.2. The van der Waals surface area contributed by atoms with E-state index in [4.69, 9.17) is 4.74 Å². The number of methoxy groups -OCH3 is 1. The van der Waals surface area contributed by atoms with Crippen molar-refractivity contribution in [3.8, 4) is 0 Å². The van der Waals surface area contributed by atoms with E-state index in [1.165, 1.54) is 14.0 Å². The molecule has 0 bridgehead atoms. The molecule has 0 spiro atoms. The summed E-state index contributed by atoms with van der Waals surface area (Å²) in [6.07, 6.45) is 8.26. The van der Waals surface area contributed by atoms with Crippen molar-refractivity contribution < 1.29 is 23.9 Å². The van der Waals surface area contributed by atoms with Crippen LogP contribution in [0.4, 0.5) is 0 Å². The van der Waals surface area contributed by atoms with Crippen LogP contribution in [0, 0.1) is 5.92 Å². The molecule has 2 atom stereocenters. The number of aromatic nitrogens is 1. The van der Waals surface area contributed by atoms with Crippen LogP contribution >= 0.6 is 0 Å². The van der Waals surface area contributed by atoms with Crippen molar-refractivity contribution in [3.05, 3.63) is 30.1 Å². The smallest absolute Gasteiger partial charge is 0.328 e. The number of amides is 3. The van der Waals surface area contributed by atoms with E-state index < -0.39 is 24.0 Å². The third kappa shape index (κ3) is 5.83. The summed E-state index contributed by atoms with van der Waals surface area (Å²) in [5.74, 6) is -1.30. The molecule has 2 aliphatic rings. The van der Waals surface area contributed by atoms with E-state index in [9.17, 15) is 19.2 Å². The number of carbonyl (C=O) groups excluding carboxylic acids is 4. The number of hydrogen-bond acceptors (Lipinski definition) is 6. The van der Waals surface area contributed by atoms with Gasteiger partial charge < -0.3 is 19.9 Å². The lowest BCUT2D eigenvalue weighted by Crippen LogP contribution is -2.63. The Balaban J connectivity index is 1.77. The second-order valence-electron chi connectivity index (χ2n) is 8.50. The Morgan fingerprint density at radius 2 is 1.94 bits per heavy atom. The summed E-state index contributed by atoms with van der Waals surface area (Å²) in [6, 6.07) is 1.80. The van der Waals surface area contributed by atoms with Crippen molar-refractivity contribution in [3.63, 3.8) is 0 Å². The number of piperazine rings is 1. The fourth-order valence-electron chi connectivity index (χ4n) is 4.50. The normalized spacial score (nSPS) is 20.4. The lowest BCUT2D eigenvalue weighted by molar-refractivity contribution is -0.153. The lowest BCUT2D eigenvalue weighted by atomic mass is 9.87. The molecule has 1 aliphatic heterocycles. The van der Waals surface area contributed by atoms with Crippen LogP contribution in [0.3, 0.4) is 0 Å². The van der Waals surface area contributed by atoms with Gasteiger partial charge in [-0.3, -0.25) is 19.4 Å². The average molecular weight is 445 g/mol. The van der Waals surface area contributed by atoms with Gasteiger partial charge in [0.2, 0.25) is 17.7 Å². The minimum atomic E-state index is -0.920. The van der Waals surface area contributed by atoms with E-state index in [-0.39, 0.29) is 30.7 Å². The topological polar surface area (TPSA) is 109 Å². The van der Waals surface area contributed by atoms with Gasteiger partial charge in [-0.25, -0.2) is 4.79 Å². The summed E-state index contributed by atoms with van der Waals surface area (Å²) in [4.78, 5) is 58.1. The Hall–Kier alpha value is -2.97. The summed E-state index contributed by atoms with van der Waals surface area (Å²) in [5.41, 5.74) is 0.771. The maximum absolute atomic E-state index is 13.3. The number of esters is 1. The Kier molecular flexibility index (Phi) is 8.19. The summed E-state index contributed by atoms with van der Waals surface area (Å²) in [7, 11) is 1.27. The molecular weight excluding hydrogens is 412 g/mol. The molecule has 0 aromatic carbocycles. The van der Waals surface area contributed by atoms with Gasteiger partial charge in [0.1, 0.15) is 12.1 Å². The second-order valence-corrected chi connectivity index (χ2v) is 8.50. The Labute approximate surface area is 188 Å². The predicted octanol–water partition coefficient (Wildman–Crippen LogP) is 0.922. The molecule has 0 unspecified atom stereocenters. The molecule has 1 saturated carbocycles. The summed E-state index contributed by atoms with van der Waals surface area (Å²) >= 11 is 0. The van der Waals surface area contributed by atoms with Crippen LogP contribution in [-0.4, -0.2) is 77.3 Å². The quantitative estimate of drug-likeness (QED) is 0.654. The van der Waals surface area contributed by atoms with Gasteiger partial charge in [0.15, 0.2) is 0 Å². The van der Waals surface area contributed by atoms with Crippen LogP contribution in [-0.2, 0) is 30.3 Å². The SMILES string of the molecule is COC(=O)[C@@H](Cc1cccnc1)NC(=O)[C@H]1CN(C(C)=O)CCN1C(=O)C1CCCCC1. The molecule has 1 N–H and O–H groups in total. The number of nitrogens with zero attached hydrogens (tertiary/aromatic N) is 3. The molecule has 2 fully saturated rings. The summed E-state index contributed by atoms with van der Waals surface area (Å²) in [6.45, 7) is 2.26. The maximum Gasteiger partial charge on any atom is 0.328 e. The number of carbonyl (C=O) groups is 4. The molecule has 2 heterocycles. The molecule has 9 nitrogen and oxygen atoms in total. The zero-order valence-corrected chi connectivity index (χ0v) is 18.8. The standard InChI is InChI=1S/C23H32N4O5/c1-16(28)26-11-12-27(22(30)18-8-4-3-5-9-18)20(15-26)21(29)25-19(23(31)32-2)13-17-7-6-10-24-14-17/h6-7,10,14,18-20H,3-5,8-9,11-13,15H2,1-2H3,(H,25,29)/t19-,20-/m1/s1. The van der Waals surface area contributed by atoms with Gasteiger partial charge in [0.25, 0.3) is 0 Å². The summed E-state index contributed by atoms with van der Waals surface area (Å²) < 4.78 is 4.88. The molecule has 9 heteroatoms. The average Bonchev–Trinajstić information content (AvgIpc) is 2.83. The van der Waals surface area contributed by atoms with Crippen LogP contribution in [0.5, 0.6) is 0 Å². The van der Waals surface area contributed by atoms with E-state index in [0.29, 0.717) is 13.1 Å². The third-order valence-corrected chi connectivity index (χ3v) is 6.33. The van der Waals surface area contributed by atoms with E-state index in [2.05, 4.69) is 10.3 Å².